The van der Waals surface area contributed by atoms with E-state index in [1.807, 2.05) is 0 Å². The van der Waals surface area contributed by atoms with Crippen LogP contribution in [-0.2, 0) is 10.0 Å². The van der Waals surface area contributed by atoms with Crippen LogP contribution in [0.4, 0.5) is 0 Å². The number of rotatable bonds is 3. The second kappa shape index (κ2) is 4.78. The monoisotopic (exact) mass is 257 g/mol. The van der Waals surface area contributed by atoms with E-state index in [9.17, 15) is 8.42 Å². The van der Waals surface area contributed by atoms with E-state index in [0.29, 0.717) is 11.7 Å². The number of nitrogens with one attached hydrogen (secondary N) is 2. The van der Waals surface area contributed by atoms with Gasteiger partial charge in [0, 0.05) is 6.04 Å². The molecule has 2 atom stereocenters. The quantitative estimate of drug-likeness (QED) is 0.863. The van der Waals surface area contributed by atoms with Gasteiger partial charge in [-0.05, 0) is 25.7 Å². The van der Waals surface area contributed by atoms with Crippen LogP contribution in [0.25, 0.3) is 0 Å². The average molecular weight is 257 g/mol. The highest BCUT2D eigenvalue weighted by Gasteiger charge is 2.25. The number of aromatic nitrogens is 2. The summed E-state index contributed by atoms with van der Waals surface area (Å²) in [5, 5.41) is 0.160. The number of H-pyrrole nitrogens is 1. The molecule has 0 aliphatic heterocycles. The third-order valence-electron chi connectivity index (χ3n) is 3.23. The Morgan fingerprint density at radius 3 is 2.82 bits per heavy atom. The van der Waals surface area contributed by atoms with E-state index in [1.54, 1.807) is 6.92 Å². The minimum atomic E-state index is -3.43. The topological polar surface area (TPSA) is 74.8 Å². The van der Waals surface area contributed by atoms with Gasteiger partial charge in [-0.2, -0.15) is 0 Å². The van der Waals surface area contributed by atoms with Gasteiger partial charge >= 0.3 is 0 Å². The molecule has 1 saturated carbocycles. The zero-order valence-corrected chi connectivity index (χ0v) is 11.0. The molecule has 1 aromatic rings. The summed E-state index contributed by atoms with van der Waals surface area (Å²) in [6, 6.07) is 0.0624. The van der Waals surface area contributed by atoms with Crippen molar-refractivity contribution in [1.82, 2.24) is 14.7 Å². The molecule has 0 aromatic carbocycles. The number of aryl methyl sites for hydroxylation is 1. The van der Waals surface area contributed by atoms with Gasteiger partial charge in [0.05, 0.1) is 6.20 Å². The molecule has 1 aliphatic carbocycles. The molecule has 6 heteroatoms. The number of imidazole rings is 1. The lowest BCUT2D eigenvalue weighted by atomic mass is 9.88. The van der Waals surface area contributed by atoms with Gasteiger partial charge in [0.1, 0.15) is 5.82 Å². The van der Waals surface area contributed by atoms with Gasteiger partial charge in [-0.1, -0.05) is 19.8 Å². The first-order valence-corrected chi connectivity index (χ1v) is 7.49. The maximum absolute atomic E-state index is 12.0. The smallest absolute Gasteiger partial charge is 0.257 e. The third-order valence-corrected chi connectivity index (χ3v) is 4.66. The normalized spacial score (nSPS) is 26.0. The van der Waals surface area contributed by atoms with Crippen LogP contribution in [0.1, 0.15) is 38.4 Å². The van der Waals surface area contributed by atoms with Crippen molar-refractivity contribution in [3.8, 4) is 0 Å². The summed E-state index contributed by atoms with van der Waals surface area (Å²) in [5.74, 6) is 1.21. The van der Waals surface area contributed by atoms with Crippen molar-refractivity contribution in [2.75, 3.05) is 0 Å². The minimum absolute atomic E-state index is 0.0624. The van der Waals surface area contributed by atoms with E-state index in [0.717, 1.165) is 19.3 Å². The molecule has 5 nitrogen and oxygen atoms in total. The van der Waals surface area contributed by atoms with Gasteiger partial charge in [0.2, 0.25) is 0 Å². The predicted octanol–water partition coefficient (Wildman–Crippen LogP) is 1.58. The number of nitrogens with zero attached hydrogens (tertiary/aromatic N) is 1. The van der Waals surface area contributed by atoms with E-state index < -0.39 is 10.0 Å². The SMILES string of the molecule is Cc1ncc(S(=O)(=O)NC2CCCC(C)C2)[nH]1. The summed E-state index contributed by atoms with van der Waals surface area (Å²) in [5.41, 5.74) is 0. The van der Waals surface area contributed by atoms with Crippen LogP contribution >= 0.6 is 0 Å². The highest BCUT2D eigenvalue weighted by Crippen LogP contribution is 2.24. The summed E-state index contributed by atoms with van der Waals surface area (Å²) in [6.07, 6.45) is 5.50. The van der Waals surface area contributed by atoms with E-state index in [1.165, 1.54) is 12.6 Å². The molecule has 0 bridgehead atoms. The van der Waals surface area contributed by atoms with Crippen LogP contribution in [0.2, 0.25) is 0 Å². The van der Waals surface area contributed by atoms with Crippen molar-refractivity contribution in [2.45, 2.75) is 50.6 Å². The maximum Gasteiger partial charge on any atom is 0.257 e. The summed E-state index contributed by atoms with van der Waals surface area (Å²) in [6.45, 7) is 3.91. The van der Waals surface area contributed by atoms with Crippen molar-refractivity contribution in [2.24, 2.45) is 5.92 Å². The molecule has 2 rings (SSSR count). The molecule has 0 spiro atoms. The first kappa shape index (κ1) is 12.6. The maximum atomic E-state index is 12.0. The number of hydrogen-bond donors (Lipinski definition) is 2. The Labute approximate surface area is 102 Å². The van der Waals surface area contributed by atoms with E-state index in [2.05, 4.69) is 21.6 Å². The molecule has 0 amide bonds. The van der Waals surface area contributed by atoms with Crippen molar-refractivity contribution < 1.29 is 8.42 Å². The molecule has 1 heterocycles. The van der Waals surface area contributed by atoms with Crippen LogP contribution in [-0.4, -0.2) is 24.4 Å². The first-order chi connectivity index (χ1) is 7.97. The molecule has 0 saturated heterocycles. The Balaban J connectivity index is 2.07. The zero-order chi connectivity index (χ0) is 12.5. The fourth-order valence-electron chi connectivity index (χ4n) is 2.36. The number of hydrogen-bond acceptors (Lipinski definition) is 3. The Bertz CT molecular complexity index is 481. The summed E-state index contributed by atoms with van der Waals surface area (Å²) >= 11 is 0. The Kier molecular flexibility index (Phi) is 3.53. The van der Waals surface area contributed by atoms with Crippen LogP contribution in [0.15, 0.2) is 11.2 Å². The van der Waals surface area contributed by atoms with Crippen LogP contribution in [0, 0.1) is 12.8 Å². The Morgan fingerprint density at radius 2 is 2.24 bits per heavy atom. The zero-order valence-electron chi connectivity index (χ0n) is 10.2. The van der Waals surface area contributed by atoms with Crippen molar-refractivity contribution in [3.63, 3.8) is 0 Å². The molecule has 2 N–H and O–H groups in total. The molecular weight excluding hydrogens is 238 g/mol. The Hall–Kier alpha value is -0.880. The van der Waals surface area contributed by atoms with E-state index in [-0.39, 0.29) is 11.1 Å². The van der Waals surface area contributed by atoms with Gasteiger partial charge in [-0.15, -0.1) is 0 Å². The fourth-order valence-corrected chi connectivity index (χ4v) is 3.61. The molecule has 96 valence electrons. The predicted molar refractivity (Wildman–Crippen MR) is 65.1 cm³/mol. The first-order valence-electron chi connectivity index (χ1n) is 6.01. The van der Waals surface area contributed by atoms with Gasteiger partial charge in [0.15, 0.2) is 5.03 Å². The largest absolute Gasteiger partial charge is 0.332 e. The number of sulfonamides is 1. The molecule has 2 unspecified atom stereocenters. The van der Waals surface area contributed by atoms with Crippen molar-refractivity contribution >= 4 is 10.0 Å². The third kappa shape index (κ3) is 3.07. The van der Waals surface area contributed by atoms with Crippen molar-refractivity contribution in [3.05, 3.63) is 12.0 Å². The lowest BCUT2D eigenvalue weighted by Gasteiger charge is -2.26. The fraction of sp³-hybridized carbons (Fsp3) is 0.727. The van der Waals surface area contributed by atoms with Crippen LogP contribution in [0.3, 0.4) is 0 Å². The Morgan fingerprint density at radius 1 is 1.47 bits per heavy atom. The van der Waals surface area contributed by atoms with E-state index in [4.69, 9.17) is 0 Å². The standard InChI is InChI=1S/C11H19N3O2S/c1-8-4-3-5-10(6-8)14-17(15,16)11-7-12-9(2)13-11/h7-8,10,14H,3-6H2,1-2H3,(H,12,13). The average Bonchev–Trinajstić information content (AvgIpc) is 2.65. The molecule has 1 aliphatic rings. The second-order valence-corrected chi connectivity index (χ2v) is 6.61. The lowest BCUT2D eigenvalue weighted by Crippen LogP contribution is -2.38. The van der Waals surface area contributed by atoms with Gasteiger partial charge in [0.25, 0.3) is 10.0 Å². The molecule has 1 aromatic heterocycles. The highest BCUT2D eigenvalue weighted by atomic mass is 32.2. The van der Waals surface area contributed by atoms with Crippen LogP contribution < -0.4 is 4.72 Å². The van der Waals surface area contributed by atoms with Gasteiger partial charge in [-0.25, -0.2) is 18.1 Å². The summed E-state index contributed by atoms with van der Waals surface area (Å²) in [7, 11) is -3.43. The summed E-state index contributed by atoms with van der Waals surface area (Å²) in [4.78, 5) is 6.67. The highest BCUT2D eigenvalue weighted by molar-refractivity contribution is 7.89. The molecule has 1 fully saturated rings. The van der Waals surface area contributed by atoms with Crippen molar-refractivity contribution in [1.29, 1.82) is 0 Å². The van der Waals surface area contributed by atoms with E-state index >= 15 is 0 Å². The number of aromatic amines is 1. The molecule has 17 heavy (non-hydrogen) atoms. The van der Waals surface area contributed by atoms with Gasteiger partial charge < -0.3 is 4.98 Å². The minimum Gasteiger partial charge on any atom is -0.332 e. The second-order valence-electron chi connectivity index (χ2n) is 4.92. The van der Waals surface area contributed by atoms with Crippen LogP contribution in [0.5, 0.6) is 0 Å². The van der Waals surface area contributed by atoms with Gasteiger partial charge in [-0.3, -0.25) is 0 Å². The lowest BCUT2D eigenvalue weighted by molar-refractivity contribution is 0.327. The summed E-state index contributed by atoms with van der Waals surface area (Å²) < 4.78 is 26.8. The molecular formula is C11H19N3O2S. The molecule has 0 radical (unpaired) electrons.